The van der Waals surface area contributed by atoms with Crippen LogP contribution in [0.1, 0.15) is 15.6 Å². The van der Waals surface area contributed by atoms with Gasteiger partial charge in [-0.15, -0.1) is 21.5 Å². The zero-order valence-corrected chi connectivity index (χ0v) is 10.8. The van der Waals surface area contributed by atoms with Crippen molar-refractivity contribution in [2.24, 2.45) is 0 Å². The van der Waals surface area contributed by atoms with Gasteiger partial charge in [-0.3, -0.25) is 0 Å². The van der Waals surface area contributed by atoms with Crippen LogP contribution in [-0.2, 0) is 6.61 Å². The largest absolute Gasteiger partial charge is 0.482 e. The van der Waals surface area contributed by atoms with E-state index in [-0.39, 0.29) is 29.0 Å². The molecule has 20 heavy (non-hydrogen) atoms. The maximum atomic E-state index is 10.9. The smallest absolute Gasteiger partial charge is 0.349 e. The lowest BCUT2D eigenvalue weighted by Crippen LogP contribution is -2.00. The molecular formula is C12H8N2O5S. The maximum absolute atomic E-state index is 10.9. The van der Waals surface area contributed by atoms with Gasteiger partial charge in [-0.25, -0.2) is 4.79 Å². The molecule has 0 saturated heterocycles. The second-order valence-electron chi connectivity index (χ2n) is 3.69. The number of hydrogen-bond acceptors (Lipinski definition) is 7. The number of carboxylic acids is 1. The van der Waals surface area contributed by atoms with Gasteiger partial charge >= 0.3 is 5.97 Å². The molecule has 0 aliphatic heterocycles. The zero-order valence-electron chi connectivity index (χ0n) is 9.98. The molecule has 8 heteroatoms. The Hall–Kier alpha value is -2.61. The highest BCUT2D eigenvalue weighted by molar-refractivity contribution is 7.12. The summed E-state index contributed by atoms with van der Waals surface area (Å²) in [4.78, 5) is 11.1. The fourth-order valence-electron chi connectivity index (χ4n) is 1.52. The molecule has 102 valence electrons. The van der Waals surface area contributed by atoms with Crippen LogP contribution >= 0.6 is 11.3 Å². The van der Waals surface area contributed by atoms with E-state index in [2.05, 4.69) is 10.2 Å². The first-order chi connectivity index (χ1) is 9.74. The van der Waals surface area contributed by atoms with Crippen LogP contribution in [0.5, 0.6) is 5.75 Å². The van der Waals surface area contributed by atoms with Gasteiger partial charge in [-0.05, 0) is 23.6 Å². The number of carboxylic acid groups (broad SMARTS) is 1. The summed E-state index contributed by atoms with van der Waals surface area (Å²) < 4.78 is 15.8. The van der Waals surface area contributed by atoms with Crippen molar-refractivity contribution >= 4 is 17.3 Å². The Labute approximate surface area is 116 Å². The molecule has 0 aliphatic carbocycles. The van der Waals surface area contributed by atoms with Crippen molar-refractivity contribution in [1.29, 1.82) is 0 Å². The zero-order chi connectivity index (χ0) is 13.9. The number of thiophene rings is 1. The molecule has 0 aromatic carbocycles. The highest BCUT2D eigenvalue weighted by Crippen LogP contribution is 2.26. The van der Waals surface area contributed by atoms with Crippen molar-refractivity contribution in [1.82, 2.24) is 10.2 Å². The van der Waals surface area contributed by atoms with Crippen molar-refractivity contribution in [2.45, 2.75) is 6.61 Å². The third kappa shape index (κ3) is 2.41. The average molecular weight is 292 g/mol. The molecule has 3 heterocycles. The number of hydrogen-bond donors (Lipinski definition) is 1. The van der Waals surface area contributed by atoms with Crippen LogP contribution in [0.4, 0.5) is 0 Å². The molecule has 0 atom stereocenters. The molecule has 0 saturated carbocycles. The molecule has 0 radical (unpaired) electrons. The van der Waals surface area contributed by atoms with Crippen molar-refractivity contribution in [3.05, 3.63) is 40.6 Å². The lowest BCUT2D eigenvalue weighted by atomic mass is 10.4. The van der Waals surface area contributed by atoms with Gasteiger partial charge in [0.15, 0.2) is 17.2 Å². The van der Waals surface area contributed by atoms with E-state index in [4.69, 9.17) is 18.7 Å². The van der Waals surface area contributed by atoms with Gasteiger partial charge in [0.25, 0.3) is 11.8 Å². The van der Waals surface area contributed by atoms with Crippen molar-refractivity contribution < 1.29 is 23.5 Å². The Bertz CT molecular complexity index is 716. The van der Waals surface area contributed by atoms with E-state index in [9.17, 15) is 4.79 Å². The van der Waals surface area contributed by atoms with E-state index in [0.29, 0.717) is 5.76 Å². The predicted octanol–water partition coefficient (Wildman–Crippen LogP) is 2.67. The third-order valence-corrected chi connectivity index (χ3v) is 3.26. The number of aromatic carboxylic acids is 1. The van der Waals surface area contributed by atoms with Crippen LogP contribution in [0.15, 0.2) is 38.7 Å². The number of aromatic nitrogens is 2. The molecule has 0 fully saturated rings. The van der Waals surface area contributed by atoms with Crippen LogP contribution in [0.2, 0.25) is 0 Å². The highest BCUT2D eigenvalue weighted by atomic mass is 32.1. The van der Waals surface area contributed by atoms with Crippen molar-refractivity contribution in [3.63, 3.8) is 0 Å². The predicted molar refractivity (Wildman–Crippen MR) is 67.6 cm³/mol. The Morgan fingerprint density at radius 1 is 1.40 bits per heavy atom. The number of carbonyl (C=O) groups is 1. The summed E-state index contributed by atoms with van der Waals surface area (Å²) in [6.07, 6.45) is 1.50. The summed E-state index contributed by atoms with van der Waals surface area (Å²) in [7, 11) is 0. The molecule has 0 unspecified atom stereocenters. The van der Waals surface area contributed by atoms with Crippen LogP contribution in [-0.4, -0.2) is 21.3 Å². The standard InChI is InChI=1S/C12H8N2O5S/c15-12(16)10-7(3-5-20-10)18-6-9-13-14-11(19-9)8-2-1-4-17-8/h1-5H,6H2,(H,15,16). The van der Waals surface area contributed by atoms with Gasteiger partial charge in [0, 0.05) is 0 Å². The molecule has 3 aromatic heterocycles. The van der Waals surface area contributed by atoms with E-state index in [1.165, 1.54) is 6.26 Å². The van der Waals surface area contributed by atoms with Gasteiger partial charge in [0.2, 0.25) is 0 Å². The first-order valence-corrected chi connectivity index (χ1v) is 6.42. The number of ether oxygens (including phenoxy) is 1. The summed E-state index contributed by atoms with van der Waals surface area (Å²) >= 11 is 1.09. The lowest BCUT2D eigenvalue weighted by molar-refractivity contribution is 0.0697. The third-order valence-electron chi connectivity index (χ3n) is 2.37. The fraction of sp³-hybridized carbons (Fsp3) is 0.0833. The Balaban J connectivity index is 1.70. The van der Waals surface area contributed by atoms with Gasteiger partial charge in [-0.2, -0.15) is 0 Å². The van der Waals surface area contributed by atoms with Gasteiger partial charge < -0.3 is 18.7 Å². The summed E-state index contributed by atoms with van der Waals surface area (Å²) in [5.74, 6) is 0.193. The molecular weight excluding hydrogens is 284 g/mol. The second kappa shape index (κ2) is 5.17. The molecule has 3 aromatic rings. The molecule has 0 aliphatic rings. The van der Waals surface area contributed by atoms with Gasteiger partial charge in [-0.1, -0.05) is 0 Å². The Morgan fingerprint density at radius 2 is 2.30 bits per heavy atom. The molecule has 1 N–H and O–H groups in total. The first-order valence-electron chi connectivity index (χ1n) is 5.54. The second-order valence-corrected chi connectivity index (χ2v) is 4.60. The van der Waals surface area contributed by atoms with Crippen LogP contribution in [0.25, 0.3) is 11.7 Å². The van der Waals surface area contributed by atoms with Crippen LogP contribution in [0.3, 0.4) is 0 Å². The van der Waals surface area contributed by atoms with Crippen molar-refractivity contribution in [2.75, 3.05) is 0 Å². The van der Waals surface area contributed by atoms with E-state index in [1.54, 1.807) is 23.6 Å². The molecule has 7 nitrogen and oxygen atoms in total. The van der Waals surface area contributed by atoms with E-state index in [1.807, 2.05) is 0 Å². The number of furan rings is 1. The number of nitrogens with zero attached hydrogens (tertiary/aromatic N) is 2. The van der Waals surface area contributed by atoms with E-state index in [0.717, 1.165) is 11.3 Å². The summed E-state index contributed by atoms with van der Waals surface area (Å²) in [5.41, 5.74) is 0. The topological polar surface area (TPSA) is 98.6 Å². The molecule has 0 amide bonds. The quantitative estimate of drug-likeness (QED) is 0.771. The fourth-order valence-corrected chi connectivity index (χ4v) is 2.19. The molecule has 3 rings (SSSR count). The minimum absolute atomic E-state index is 0.00920. The van der Waals surface area contributed by atoms with Crippen LogP contribution in [0, 0.1) is 0 Å². The number of rotatable bonds is 5. The normalized spacial score (nSPS) is 10.6. The highest BCUT2D eigenvalue weighted by Gasteiger charge is 2.15. The molecule has 0 spiro atoms. The lowest BCUT2D eigenvalue weighted by Gasteiger charge is -2.01. The Kier molecular flexibility index (Phi) is 3.21. The van der Waals surface area contributed by atoms with Crippen molar-refractivity contribution in [3.8, 4) is 17.4 Å². The average Bonchev–Trinajstić information content (AvgIpc) is 3.16. The van der Waals surface area contributed by atoms with E-state index < -0.39 is 5.97 Å². The SMILES string of the molecule is O=C(O)c1sccc1OCc1nnc(-c2ccco2)o1. The van der Waals surface area contributed by atoms with Gasteiger partial charge in [0.1, 0.15) is 5.75 Å². The minimum Gasteiger partial charge on any atom is -0.482 e. The molecule has 0 bridgehead atoms. The van der Waals surface area contributed by atoms with Crippen LogP contribution < -0.4 is 4.74 Å². The first kappa shape index (κ1) is 12.4. The summed E-state index contributed by atoms with van der Waals surface area (Å²) in [6.45, 7) is -0.00920. The summed E-state index contributed by atoms with van der Waals surface area (Å²) in [6, 6.07) is 4.98. The Morgan fingerprint density at radius 3 is 3.05 bits per heavy atom. The summed E-state index contributed by atoms with van der Waals surface area (Å²) in [5, 5.41) is 18.2. The maximum Gasteiger partial charge on any atom is 0.349 e. The van der Waals surface area contributed by atoms with E-state index >= 15 is 0 Å². The van der Waals surface area contributed by atoms with Gasteiger partial charge in [0.05, 0.1) is 6.26 Å². The monoisotopic (exact) mass is 292 g/mol. The minimum atomic E-state index is -1.03.